The third-order valence-corrected chi connectivity index (χ3v) is 4.07. The summed E-state index contributed by atoms with van der Waals surface area (Å²) >= 11 is 1.69. The smallest absolute Gasteiger partial charge is 0.306 e. The summed E-state index contributed by atoms with van der Waals surface area (Å²) in [6.45, 7) is 0. The number of nitriles is 1. The van der Waals surface area contributed by atoms with E-state index in [0.29, 0.717) is 17.8 Å². The molecule has 6 heteroatoms. The highest BCUT2D eigenvalue weighted by molar-refractivity contribution is 7.98. The Kier molecular flexibility index (Phi) is 6.45. The first kappa shape index (κ1) is 16.8. The molecule has 0 bridgehead atoms. The number of thioether (sulfide) groups is 1. The Bertz CT molecular complexity index is 696. The summed E-state index contributed by atoms with van der Waals surface area (Å²) in [5.41, 5.74) is 2.64. The van der Waals surface area contributed by atoms with Gasteiger partial charge in [-0.25, -0.2) is 4.98 Å². The Labute approximate surface area is 139 Å². The van der Waals surface area contributed by atoms with E-state index >= 15 is 0 Å². The molecule has 2 rings (SSSR count). The Hall–Kier alpha value is -2.52. The zero-order valence-corrected chi connectivity index (χ0v) is 13.6. The molecule has 0 saturated carbocycles. The van der Waals surface area contributed by atoms with Gasteiger partial charge in [-0.05, 0) is 29.8 Å². The highest BCUT2D eigenvalue weighted by atomic mass is 32.2. The van der Waals surface area contributed by atoms with E-state index in [0.717, 1.165) is 17.2 Å². The lowest BCUT2D eigenvalue weighted by atomic mass is 10.2. The molecule has 0 amide bonds. The summed E-state index contributed by atoms with van der Waals surface area (Å²) in [7, 11) is 1.40. The molecule has 0 aliphatic rings. The van der Waals surface area contributed by atoms with Gasteiger partial charge in [-0.2, -0.15) is 17.0 Å². The largest absolute Gasteiger partial charge is 0.469 e. The predicted molar refractivity (Wildman–Crippen MR) is 91.5 cm³/mol. The third kappa shape index (κ3) is 5.64. The van der Waals surface area contributed by atoms with Crippen LogP contribution in [0.2, 0.25) is 0 Å². The summed E-state index contributed by atoms with van der Waals surface area (Å²) < 4.78 is 4.62. The number of rotatable bonds is 7. The number of benzene rings is 1. The second-order valence-corrected chi connectivity index (χ2v) is 5.85. The van der Waals surface area contributed by atoms with Crippen molar-refractivity contribution in [2.75, 3.05) is 18.2 Å². The van der Waals surface area contributed by atoms with Crippen LogP contribution in [0.1, 0.15) is 17.5 Å². The van der Waals surface area contributed by atoms with Gasteiger partial charge >= 0.3 is 5.97 Å². The predicted octanol–water partition coefficient (Wildman–Crippen LogP) is 3.49. The SMILES string of the molecule is COC(=O)CCSCc1cccc(Nc2ccc(C#N)cn2)c1. The van der Waals surface area contributed by atoms with Crippen molar-refractivity contribution in [3.8, 4) is 6.07 Å². The monoisotopic (exact) mass is 327 g/mol. The minimum atomic E-state index is -0.181. The average Bonchev–Trinajstić information content (AvgIpc) is 2.59. The van der Waals surface area contributed by atoms with Gasteiger partial charge in [0, 0.05) is 23.4 Å². The number of aromatic nitrogens is 1. The van der Waals surface area contributed by atoms with Crippen molar-refractivity contribution < 1.29 is 9.53 Å². The zero-order chi connectivity index (χ0) is 16.5. The number of methoxy groups -OCH3 is 1. The van der Waals surface area contributed by atoms with Gasteiger partial charge in [-0.1, -0.05) is 12.1 Å². The highest BCUT2D eigenvalue weighted by Crippen LogP contribution is 2.20. The molecule has 0 saturated heterocycles. The van der Waals surface area contributed by atoms with Crippen LogP contribution in [0.4, 0.5) is 11.5 Å². The maximum absolute atomic E-state index is 11.1. The summed E-state index contributed by atoms with van der Waals surface area (Å²) in [6, 6.07) is 13.6. The van der Waals surface area contributed by atoms with Crippen molar-refractivity contribution in [1.29, 1.82) is 5.26 Å². The Morgan fingerprint density at radius 2 is 2.26 bits per heavy atom. The minimum Gasteiger partial charge on any atom is -0.469 e. The maximum atomic E-state index is 11.1. The second-order valence-electron chi connectivity index (χ2n) is 4.75. The highest BCUT2D eigenvalue weighted by Gasteiger charge is 2.02. The van der Waals surface area contributed by atoms with Crippen LogP contribution in [0.15, 0.2) is 42.6 Å². The second kappa shape index (κ2) is 8.81. The van der Waals surface area contributed by atoms with Gasteiger partial charge in [-0.3, -0.25) is 4.79 Å². The fraction of sp³-hybridized carbons (Fsp3) is 0.235. The van der Waals surface area contributed by atoms with Gasteiger partial charge in [0.25, 0.3) is 0 Å². The standard InChI is InChI=1S/C17H17N3O2S/c1-22-17(21)7-8-23-12-13-3-2-4-15(9-13)20-16-6-5-14(10-18)11-19-16/h2-6,9,11H,7-8,12H2,1H3,(H,19,20). The summed E-state index contributed by atoms with van der Waals surface area (Å²) in [4.78, 5) is 15.2. The molecule has 0 aliphatic carbocycles. The van der Waals surface area contributed by atoms with Crippen LogP contribution < -0.4 is 5.32 Å². The molecule has 1 N–H and O–H groups in total. The number of anilines is 2. The van der Waals surface area contributed by atoms with Crippen molar-refractivity contribution >= 4 is 29.2 Å². The molecule has 2 aromatic rings. The van der Waals surface area contributed by atoms with Gasteiger partial charge in [-0.15, -0.1) is 0 Å². The van der Waals surface area contributed by atoms with E-state index in [1.54, 1.807) is 23.9 Å². The fourth-order valence-electron chi connectivity index (χ4n) is 1.87. The maximum Gasteiger partial charge on any atom is 0.306 e. The van der Waals surface area contributed by atoms with Crippen LogP contribution in [-0.2, 0) is 15.3 Å². The van der Waals surface area contributed by atoms with E-state index in [2.05, 4.69) is 15.0 Å². The molecule has 0 radical (unpaired) electrons. The van der Waals surface area contributed by atoms with Crippen molar-refractivity contribution in [2.24, 2.45) is 0 Å². The summed E-state index contributed by atoms with van der Waals surface area (Å²) in [6.07, 6.45) is 1.96. The van der Waals surface area contributed by atoms with E-state index in [1.165, 1.54) is 18.9 Å². The average molecular weight is 327 g/mol. The van der Waals surface area contributed by atoms with Gasteiger partial charge in [0.05, 0.1) is 19.1 Å². The molecule has 1 aromatic carbocycles. The van der Waals surface area contributed by atoms with Gasteiger partial charge in [0.15, 0.2) is 0 Å². The molecule has 0 aliphatic heterocycles. The van der Waals surface area contributed by atoms with E-state index in [-0.39, 0.29) is 5.97 Å². The van der Waals surface area contributed by atoms with Crippen molar-refractivity contribution in [1.82, 2.24) is 4.98 Å². The number of carbonyl (C=O) groups excluding carboxylic acids is 1. The molecule has 23 heavy (non-hydrogen) atoms. The first-order valence-electron chi connectivity index (χ1n) is 7.08. The molecule has 0 unspecified atom stereocenters. The van der Waals surface area contributed by atoms with Crippen LogP contribution in [-0.4, -0.2) is 23.8 Å². The molecular weight excluding hydrogens is 310 g/mol. The lowest BCUT2D eigenvalue weighted by Gasteiger charge is -2.08. The van der Waals surface area contributed by atoms with Gasteiger partial charge in [0.1, 0.15) is 11.9 Å². The Morgan fingerprint density at radius 1 is 1.39 bits per heavy atom. The van der Waals surface area contributed by atoms with Crippen LogP contribution in [0.3, 0.4) is 0 Å². The van der Waals surface area contributed by atoms with Gasteiger partial charge in [0.2, 0.25) is 0 Å². The van der Waals surface area contributed by atoms with Crippen LogP contribution in [0, 0.1) is 11.3 Å². The number of nitrogens with one attached hydrogen (secondary N) is 1. The Balaban J connectivity index is 1.88. The van der Waals surface area contributed by atoms with E-state index < -0.39 is 0 Å². The topological polar surface area (TPSA) is 75.0 Å². The number of carbonyl (C=O) groups is 1. The van der Waals surface area contributed by atoms with Crippen molar-refractivity contribution in [3.05, 3.63) is 53.7 Å². The lowest BCUT2D eigenvalue weighted by Crippen LogP contribution is -2.01. The molecule has 0 atom stereocenters. The minimum absolute atomic E-state index is 0.181. The van der Waals surface area contributed by atoms with Crippen LogP contribution in [0.25, 0.3) is 0 Å². The van der Waals surface area contributed by atoms with E-state index in [1.807, 2.05) is 30.3 Å². The van der Waals surface area contributed by atoms with Crippen LogP contribution in [0.5, 0.6) is 0 Å². The number of pyridine rings is 1. The first-order chi connectivity index (χ1) is 11.2. The quantitative estimate of drug-likeness (QED) is 0.620. The third-order valence-electron chi connectivity index (χ3n) is 3.04. The van der Waals surface area contributed by atoms with Crippen LogP contribution >= 0.6 is 11.8 Å². The molecule has 1 heterocycles. The van der Waals surface area contributed by atoms with E-state index in [9.17, 15) is 4.79 Å². The number of esters is 1. The number of nitrogens with zero attached hydrogens (tertiary/aromatic N) is 2. The molecule has 5 nitrogen and oxygen atoms in total. The number of hydrogen-bond donors (Lipinski definition) is 1. The lowest BCUT2D eigenvalue weighted by molar-refractivity contribution is -0.140. The summed E-state index contributed by atoms with van der Waals surface area (Å²) in [5, 5.41) is 12.0. The summed E-state index contributed by atoms with van der Waals surface area (Å²) in [5.74, 6) is 2.08. The molecule has 0 spiro atoms. The molecule has 0 fully saturated rings. The van der Waals surface area contributed by atoms with Gasteiger partial charge < -0.3 is 10.1 Å². The normalized spacial score (nSPS) is 9.91. The number of hydrogen-bond acceptors (Lipinski definition) is 6. The van der Waals surface area contributed by atoms with Crippen molar-refractivity contribution in [3.63, 3.8) is 0 Å². The number of ether oxygens (including phenoxy) is 1. The molecular formula is C17H17N3O2S. The fourth-order valence-corrected chi connectivity index (χ4v) is 2.74. The zero-order valence-electron chi connectivity index (χ0n) is 12.8. The van der Waals surface area contributed by atoms with E-state index in [4.69, 9.17) is 5.26 Å². The molecule has 118 valence electrons. The molecule has 1 aromatic heterocycles. The first-order valence-corrected chi connectivity index (χ1v) is 8.23. The van der Waals surface area contributed by atoms with Crippen molar-refractivity contribution in [2.45, 2.75) is 12.2 Å². The Morgan fingerprint density at radius 3 is 2.96 bits per heavy atom.